The molecule has 0 unspecified atom stereocenters. The van der Waals surface area contributed by atoms with Crippen LogP contribution in [0.3, 0.4) is 0 Å². The highest BCUT2D eigenvalue weighted by Crippen LogP contribution is 2.43. The van der Waals surface area contributed by atoms with Crippen molar-refractivity contribution in [3.05, 3.63) is 23.5 Å². The summed E-state index contributed by atoms with van der Waals surface area (Å²) in [5.74, 6) is 0.823. The van der Waals surface area contributed by atoms with Gasteiger partial charge in [0.1, 0.15) is 11.2 Å². The van der Waals surface area contributed by atoms with Crippen molar-refractivity contribution in [3.8, 4) is 0 Å². The Bertz CT molecular complexity index is 762. The lowest BCUT2D eigenvalue weighted by Gasteiger charge is -2.34. The first-order chi connectivity index (χ1) is 15.9. The Morgan fingerprint density at radius 3 is 1.38 bits per heavy atom. The van der Waals surface area contributed by atoms with Crippen molar-refractivity contribution in [1.29, 1.82) is 0 Å². The van der Waals surface area contributed by atoms with E-state index in [1.807, 2.05) is 0 Å². The smallest absolute Gasteiger partial charge is 0.164 e. The number of Topliss-reactive ketones (excluding diaryl/α,β-unsaturated/α-hetero) is 2. The fourth-order valence-electron chi connectivity index (χ4n) is 6.29. The number of carbonyl (C=O) groups excluding carboxylic acids is 2. The number of rotatable bonds is 10. The predicted octanol–water partition coefficient (Wildman–Crippen LogP) is 5.81. The van der Waals surface area contributed by atoms with Crippen LogP contribution in [-0.2, 0) is 16.6 Å². The second-order valence-corrected chi connectivity index (χ2v) is 12.1. The third-order valence-electron chi connectivity index (χ3n) is 8.57. The van der Waals surface area contributed by atoms with Crippen LogP contribution in [0.2, 0.25) is 0 Å². The third kappa shape index (κ3) is 6.60. The van der Waals surface area contributed by atoms with E-state index in [2.05, 4.69) is 23.7 Å². The molecule has 0 aliphatic heterocycles. The maximum absolute atomic E-state index is 12.9. The number of hydrogen-bond donors (Lipinski definition) is 2. The Kier molecular flexibility index (Phi) is 8.84. The van der Waals surface area contributed by atoms with E-state index in [1.165, 1.54) is 38.5 Å². The van der Waals surface area contributed by atoms with Crippen molar-refractivity contribution in [2.75, 3.05) is 0 Å². The van der Waals surface area contributed by atoms with Gasteiger partial charge in [0.15, 0.2) is 11.6 Å². The summed E-state index contributed by atoms with van der Waals surface area (Å²) in [5.41, 5.74) is -0.359. The second kappa shape index (κ2) is 11.1. The van der Waals surface area contributed by atoms with Crippen LogP contribution in [0, 0.1) is 11.8 Å². The molecule has 0 aromatic carbocycles. The summed E-state index contributed by atoms with van der Waals surface area (Å²) in [6, 6.07) is 4.33. The lowest BCUT2D eigenvalue weighted by molar-refractivity contribution is -0.135. The topological polar surface area (TPSA) is 79.5 Å². The monoisotopic (exact) mass is 473 g/mol. The van der Waals surface area contributed by atoms with E-state index >= 15 is 0 Å². The van der Waals surface area contributed by atoms with Gasteiger partial charge in [-0.05, 0) is 77.3 Å². The maximum atomic E-state index is 12.9. The molecule has 0 amide bonds. The fourth-order valence-corrected chi connectivity index (χ4v) is 6.29. The quantitative estimate of drug-likeness (QED) is 0.449. The SMILES string of the molecule is Cn1c([C@H](CC(=O)C(C)(C)O)C2CCCCC2)ccc1[C@H](CC(=O)C(C)(C)O)C1CCCCC1. The van der Waals surface area contributed by atoms with Gasteiger partial charge in [-0.1, -0.05) is 38.5 Å². The molecule has 1 aromatic heterocycles. The molecule has 1 heterocycles. The van der Waals surface area contributed by atoms with E-state index in [9.17, 15) is 19.8 Å². The number of aliphatic hydroxyl groups is 2. The van der Waals surface area contributed by atoms with E-state index in [1.54, 1.807) is 27.7 Å². The zero-order valence-electron chi connectivity index (χ0n) is 22.1. The molecular weight excluding hydrogens is 426 g/mol. The molecule has 0 saturated heterocycles. The molecule has 2 atom stereocenters. The van der Waals surface area contributed by atoms with Gasteiger partial charge in [-0.15, -0.1) is 0 Å². The van der Waals surface area contributed by atoms with Crippen LogP contribution in [0.25, 0.3) is 0 Å². The minimum Gasteiger partial charge on any atom is -0.383 e. The number of carbonyl (C=O) groups is 2. The number of ketones is 2. The zero-order valence-corrected chi connectivity index (χ0v) is 22.1. The van der Waals surface area contributed by atoms with Gasteiger partial charge in [-0.25, -0.2) is 0 Å². The van der Waals surface area contributed by atoms with Gasteiger partial charge in [0.2, 0.25) is 0 Å². The lowest BCUT2D eigenvalue weighted by atomic mass is 9.75. The van der Waals surface area contributed by atoms with E-state index < -0.39 is 11.2 Å². The van der Waals surface area contributed by atoms with Gasteiger partial charge in [0.25, 0.3) is 0 Å². The first-order valence-electron chi connectivity index (χ1n) is 13.6. The van der Waals surface area contributed by atoms with Crippen molar-refractivity contribution < 1.29 is 19.8 Å². The van der Waals surface area contributed by atoms with Crippen molar-refractivity contribution in [2.45, 2.75) is 128 Å². The summed E-state index contributed by atoms with van der Waals surface area (Å²) in [6.07, 6.45) is 12.5. The number of aromatic nitrogens is 1. The molecule has 34 heavy (non-hydrogen) atoms. The second-order valence-electron chi connectivity index (χ2n) is 12.1. The molecule has 2 aliphatic carbocycles. The normalized spacial score (nSPS) is 20.8. The molecular formula is C29H47NO4. The maximum Gasteiger partial charge on any atom is 0.164 e. The van der Waals surface area contributed by atoms with Crippen LogP contribution >= 0.6 is 0 Å². The van der Waals surface area contributed by atoms with Gasteiger partial charge in [0, 0.05) is 43.1 Å². The molecule has 0 spiro atoms. The third-order valence-corrected chi connectivity index (χ3v) is 8.57. The van der Waals surface area contributed by atoms with Crippen LogP contribution in [0.4, 0.5) is 0 Å². The summed E-state index contributed by atoms with van der Waals surface area (Å²) >= 11 is 0. The predicted molar refractivity (Wildman–Crippen MR) is 136 cm³/mol. The van der Waals surface area contributed by atoms with Gasteiger partial charge >= 0.3 is 0 Å². The highest BCUT2D eigenvalue weighted by molar-refractivity contribution is 5.87. The van der Waals surface area contributed by atoms with Crippen molar-refractivity contribution in [2.24, 2.45) is 18.9 Å². The van der Waals surface area contributed by atoms with Crippen LogP contribution in [0.15, 0.2) is 12.1 Å². The van der Waals surface area contributed by atoms with Crippen LogP contribution in [0.5, 0.6) is 0 Å². The van der Waals surface area contributed by atoms with Crippen LogP contribution < -0.4 is 0 Å². The average molecular weight is 474 g/mol. The Morgan fingerprint density at radius 1 is 0.765 bits per heavy atom. The Hall–Kier alpha value is -1.46. The lowest BCUT2D eigenvalue weighted by Crippen LogP contribution is -2.35. The van der Waals surface area contributed by atoms with Crippen molar-refractivity contribution in [1.82, 2.24) is 4.57 Å². The number of nitrogens with zero attached hydrogens (tertiary/aromatic N) is 1. The first-order valence-corrected chi connectivity index (χ1v) is 13.6. The van der Waals surface area contributed by atoms with Crippen LogP contribution in [0.1, 0.15) is 128 Å². The van der Waals surface area contributed by atoms with Gasteiger partial charge in [0.05, 0.1) is 0 Å². The van der Waals surface area contributed by atoms with E-state index in [0.717, 1.165) is 37.1 Å². The molecule has 2 saturated carbocycles. The molecule has 192 valence electrons. The summed E-state index contributed by atoms with van der Waals surface area (Å²) in [6.45, 7) is 6.35. The zero-order chi connectivity index (χ0) is 25.1. The van der Waals surface area contributed by atoms with E-state index in [-0.39, 0.29) is 23.4 Å². The molecule has 1 aromatic rings. The van der Waals surface area contributed by atoms with Crippen LogP contribution in [-0.4, -0.2) is 37.5 Å². The highest BCUT2D eigenvalue weighted by atomic mass is 16.3. The molecule has 2 aliphatic rings. The summed E-state index contributed by atoms with van der Waals surface area (Å²) in [5, 5.41) is 20.7. The highest BCUT2D eigenvalue weighted by Gasteiger charge is 2.37. The fraction of sp³-hybridized carbons (Fsp3) is 0.793. The largest absolute Gasteiger partial charge is 0.383 e. The van der Waals surface area contributed by atoms with Gasteiger partial charge < -0.3 is 14.8 Å². The van der Waals surface area contributed by atoms with Crippen molar-refractivity contribution in [3.63, 3.8) is 0 Å². The minimum absolute atomic E-state index is 0.0787. The number of hydrogen-bond acceptors (Lipinski definition) is 4. The average Bonchev–Trinajstić information content (AvgIpc) is 3.16. The Labute approximate surface area is 206 Å². The van der Waals surface area contributed by atoms with Gasteiger partial charge in [-0.2, -0.15) is 0 Å². The molecule has 0 radical (unpaired) electrons. The first kappa shape index (κ1) is 27.1. The Balaban J connectivity index is 1.95. The Morgan fingerprint density at radius 2 is 1.09 bits per heavy atom. The molecule has 2 N–H and O–H groups in total. The molecule has 5 nitrogen and oxygen atoms in total. The molecule has 2 fully saturated rings. The summed E-state index contributed by atoms with van der Waals surface area (Å²) < 4.78 is 2.24. The molecule has 0 bridgehead atoms. The van der Waals surface area contributed by atoms with E-state index in [4.69, 9.17) is 0 Å². The molecule has 3 rings (SSSR count). The summed E-state index contributed by atoms with van der Waals surface area (Å²) in [7, 11) is 2.08. The van der Waals surface area contributed by atoms with Gasteiger partial charge in [-0.3, -0.25) is 9.59 Å². The summed E-state index contributed by atoms with van der Waals surface area (Å²) in [4.78, 5) is 25.8. The standard InChI is InChI=1S/C29H47NO4/c1-28(2,33)26(31)18-22(20-12-8-6-9-13-20)24-16-17-25(30(24)5)23(19-27(32)29(3,4)34)21-14-10-7-11-15-21/h16-17,20-23,33-34H,6-15,18-19H2,1-5H3/t22-,23-/m1/s1. The van der Waals surface area contributed by atoms with Crippen molar-refractivity contribution >= 4 is 11.6 Å². The molecule has 5 heteroatoms. The van der Waals surface area contributed by atoms with E-state index in [0.29, 0.717) is 24.7 Å². The minimum atomic E-state index is -1.33.